The molecule has 0 aliphatic rings. The van der Waals surface area contributed by atoms with Gasteiger partial charge in [-0.1, -0.05) is 0 Å². The Hall–Kier alpha value is 0.380. The van der Waals surface area contributed by atoms with Gasteiger partial charge in [-0.25, -0.2) is 0 Å². The molecule has 12 heavy (non-hydrogen) atoms. The molecule has 0 bridgehead atoms. The summed E-state index contributed by atoms with van der Waals surface area (Å²) in [6, 6.07) is 10.8. The Morgan fingerprint density at radius 2 is 1.58 bits per heavy atom. The molecule has 0 spiro atoms. The molecule has 0 saturated carbocycles. The molecule has 0 N–H and O–H groups in total. The van der Waals surface area contributed by atoms with Gasteiger partial charge in [0.25, 0.3) is 0 Å². The van der Waals surface area contributed by atoms with Crippen molar-refractivity contribution in [3.63, 3.8) is 0 Å². The third-order valence-electron chi connectivity index (χ3n) is 1.56. The third kappa shape index (κ3) is 4.42. The molecular weight excluding hydrogens is 278 g/mol. The molecule has 0 saturated heterocycles. The average Bonchev–Trinajstić information content (AvgIpc) is 1.83. The minimum atomic E-state index is -1.38. The second-order valence-corrected chi connectivity index (χ2v) is 21.4. The van der Waals surface area contributed by atoms with Crippen molar-refractivity contribution in [3.05, 3.63) is 35.9 Å². The number of rotatable bonds is 2. The van der Waals surface area contributed by atoms with Gasteiger partial charge in [0.15, 0.2) is 0 Å². The predicted octanol–water partition coefficient (Wildman–Crippen LogP) is 3.98. The average molecular weight is 294 g/mol. The first-order valence-corrected chi connectivity index (χ1v) is 10.6. The molecule has 0 aromatic heterocycles. The summed E-state index contributed by atoms with van der Waals surface area (Å²) in [7, 11) is 0. The van der Waals surface area contributed by atoms with Crippen molar-refractivity contribution in [1.82, 2.24) is 0 Å². The van der Waals surface area contributed by atoms with Crippen molar-refractivity contribution >= 4 is 26.3 Å². The summed E-state index contributed by atoms with van der Waals surface area (Å²) in [6.07, 6.45) is 1.24. The van der Waals surface area contributed by atoms with Crippen molar-refractivity contribution in [2.45, 2.75) is 6.16 Å². The molecule has 0 fully saturated rings. The van der Waals surface area contributed by atoms with Crippen molar-refractivity contribution in [2.24, 2.45) is 0 Å². The molecular formula is C10H16IP. The molecule has 0 radical (unpaired) electrons. The van der Waals surface area contributed by atoms with Crippen LogP contribution in [0.25, 0.3) is 0 Å². The monoisotopic (exact) mass is 294 g/mol. The van der Waals surface area contributed by atoms with Crippen LogP contribution in [0.5, 0.6) is 0 Å². The standard InChI is InChI=1S/C10H16IP/c1-12(2,3,11)9-10-7-5-4-6-8-10/h4-8H,9H2,1-3H3. The van der Waals surface area contributed by atoms with Crippen LogP contribution in [0, 0.1) is 0 Å². The fourth-order valence-electron chi connectivity index (χ4n) is 1.20. The summed E-state index contributed by atoms with van der Waals surface area (Å²) in [4.78, 5) is 0. The number of hydrogen-bond donors (Lipinski definition) is 0. The van der Waals surface area contributed by atoms with Gasteiger partial charge in [0, 0.05) is 0 Å². The zero-order valence-electron chi connectivity index (χ0n) is 7.92. The first-order chi connectivity index (χ1) is 5.33. The Labute approximate surface area is 88.2 Å². The van der Waals surface area contributed by atoms with Gasteiger partial charge in [-0.3, -0.25) is 0 Å². The van der Waals surface area contributed by atoms with E-state index in [9.17, 15) is 0 Å². The second-order valence-electron chi connectivity index (χ2n) is 4.56. The van der Waals surface area contributed by atoms with Crippen LogP contribution >= 0.6 is 26.3 Å². The Kier molecular flexibility index (Phi) is 2.85. The van der Waals surface area contributed by atoms with E-state index in [1.54, 1.807) is 0 Å². The molecule has 0 heterocycles. The minimum absolute atomic E-state index is 1.24. The molecule has 0 unspecified atom stereocenters. The Bertz CT molecular complexity index is 249. The van der Waals surface area contributed by atoms with Crippen LogP contribution in [0.15, 0.2) is 30.3 Å². The van der Waals surface area contributed by atoms with Gasteiger partial charge in [-0.15, -0.1) is 0 Å². The van der Waals surface area contributed by atoms with E-state index in [1.807, 2.05) is 0 Å². The Morgan fingerprint density at radius 3 is 2.00 bits per heavy atom. The first kappa shape index (κ1) is 10.5. The Morgan fingerprint density at radius 1 is 1.08 bits per heavy atom. The maximum absolute atomic E-state index is 2.64. The van der Waals surface area contributed by atoms with Gasteiger partial charge >= 0.3 is 88.3 Å². The van der Waals surface area contributed by atoms with Crippen LogP contribution in [0.3, 0.4) is 0 Å². The van der Waals surface area contributed by atoms with Crippen LogP contribution in [-0.2, 0) is 6.16 Å². The van der Waals surface area contributed by atoms with E-state index in [1.165, 1.54) is 11.7 Å². The van der Waals surface area contributed by atoms with Gasteiger partial charge in [0.2, 0.25) is 0 Å². The molecule has 2 heteroatoms. The molecule has 0 atom stereocenters. The molecule has 0 aliphatic carbocycles. The van der Waals surface area contributed by atoms with Crippen LogP contribution in [0.2, 0.25) is 0 Å². The van der Waals surface area contributed by atoms with E-state index in [4.69, 9.17) is 0 Å². The summed E-state index contributed by atoms with van der Waals surface area (Å²) >= 11 is 2.64. The molecule has 1 aromatic rings. The van der Waals surface area contributed by atoms with Gasteiger partial charge < -0.3 is 0 Å². The SMILES string of the molecule is CP(C)(C)(I)Cc1ccccc1. The molecule has 0 nitrogen and oxygen atoms in total. The second kappa shape index (κ2) is 3.26. The van der Waals surface area contributed by atoms with Gasteiger partial charge in [-0.05, 0) is 0 Å². The summed E-state index contributed by atoms with van der Waals surface area (Å²) in [6.45, 7) is 7.21. The molecule has 1 aromatic carbocycles. The van der Waals surface area contributed by atoms with Crippen molar-refractivity contribution in [2.75, 3.05) is 20.0 Å². The molecule has 0 amide bonds. The summed E-state index contributed by atoms with van der Waals surface area (Å²) in [5.74, 6) is 0. The zero-order valence-corrected chi connectivity index (χ0v) is 11.0. The van der Waals surface area contributed by atoms with E-state index >= 15 is 0 Å². The normalized spacial score (nSPS) is 15.2. The van der Waals surface area contributed by atoms with Crippen molar-refractivity contribution in [1.29, 1.82) is 0 Å². The summed E-state index contributed by atoms with van der Waals surface area (Å²) in [5, 5.41) is 0. The van der Waals surface area contributed by atoms with E-state index in [0.717, 1.165) is 0 Å². The summed E-state index contributed by atoms with van der Waals surface area (Å²) in [5.41, 5.74) is 1.47. The quantitative estimate of drug-likeness (QED) is 0.572. The summed E-state index contributed by atoms with van der Waals surface area (Å²) < 4.78 is -1.38. The molecule has 0 aliphatic heterocycles. The van der Waals surface area contributed by atoms with Gasteiger partial charge in [0.05, 0.1) is 0 Å². The van der Waals surface area contributed by atoms with Crippen LogP contribution < -0.4 is 0 Å². The van der Waals surface area contributed by atoms with E-state index < -0.39 is 4.25 Å². The number of hydrogen-bond acceptors (Lipinski definition) is 0. The molecule has 68 valence electrons. The van der Waals surface area contributed by atoms with Crippen molar-refractivity contribution < 1.29 is 0 Å². The zero-order chi connectivity index (χ0) is 9.27. The van der Waals surface area contributed by atoms with Crippen LogP contribution in [-0.4, -0.2) is 20.0 Å². The first-order valence-electron chi connectivity index (χ1n) is 4.09. The Balaban J connectivity index is 2.79. The van der Waals surface area contributed by atoms with Crippen LogP contribution in [0.1, 0.15) is 5.56 Å². The molecule has 1 rings (SSSR count). The third-order valence-corrected chi connectivity index (χ3v) is 4.02. The number of benzene rings is 1. The topological polar surface area (TPSA) is 0 Å². The van der Waals surface area contributed by atoms with Crippen LogP contribution in [0.4, 0.5) is 0 Å². The fraction of sp³-hybridized carbons (Fsp3) is 0.400. The maximum atomic E-state index is 2.64. The van der Waals surface area contributed by atoms with E-state index in [2.05, 4.69) is 72.4 Å². The predicted molar refractivity (Wildman–Crippen MR) is 68.9 cm³/mol. The van der Waals surface area contributed by atoms with Gasteiger partial charge in [0.1, 0.15) is 0 Å². The van der Waals surface area contributed by atoms with E-state index in [0.29, 0.717) is 0 Å². The number of halogens is 1. The van der Waals surface area contributed by atoms with Crippen molar-refractivity contribution in [3.8, 4) is 0 Å². The van der Waals surface area contributed by atoms with E-state index in [-0.39, 0.29) is 0 Å². The fourth-order valence-corrected chi connectivity index (χ4v) is 3.83. The van der Waals surface area contributed by atoms with Gasteiger partial charge in [-0.2, -0.15) is 0 Å².